The third kappa shape index (κ3) is 3.84. The molecule has 1 nitrogen and oxygen atoms in total. The van der Waals surface area contributed by atoms with E-state index in [1.807, 2.05) is 30.3 Å². The van der Waals surface area contributed by atoms with E-state index in [1.165, 1.54) is 0 Å². The first-order valence-corrected chi connectivity index (χ1v) is 8.13. The summed E-state index contributed by atoms with van der Waals surface area (Å²) in [6.07, 6.45) is -5.10. The molecule has 0 N–H and O–H groups in total. The first kappa shape index (κ1) is 17.1. The maximum atomic E-state index is 12.9. The molecule has 6 heteroatoms. The summed E-state index contributed by atoms with van der Waals surface area (Å²) in [7, 11) is 0. The molecule has 0 fully saturated rings. The number of alkyl halides is 3. The van der Waals surface area contributed by atoms with Crippen LogP contribution in [-0.2, 0) is 6.42 Å². The van der Waals surface area contributed by atoms with Gasteiger partial charge in [0.2, 0.25) is 0 Å². The van der Waals surface area contributed by atoms with Crippen LogP contribution in [0.2, 0.25) is 5.02 Å². The molecule has 0 aliphatic carbocycles. The maximum Gasteiger partial charge on any atom is 0.391 e. The third-order valence-electron chi connectivity index (χ3n) is 3.82. The Kier molecular flexibility index (Phi) is 4.74. The Morgan fingerprint density at radius 2 is 1.83 bits per heavy atom. The zero-order chi connectivity index (χ0) is 17.3. The molecule has 1 atom stereocenters. The second-order valence-electron chi connectivity index (χ2n) is 5.62. The lowest BCUT2D eigenvalue weighted by Crippen LogP contribution is -2.26. The van der Waals surface area contributed by atoms with Gasteiger partial charge in [-0.05, 0) is 17.7 Å². The molecule has 2 aromatic carbocycles. The van der Waals surface area contributed by atoms with Crippen LogP contribution >= 0.6 is 23.8 Å². The average molecular weight is 368 g/mol. The van der Waals surface area contributed by atoms with Crippen molar-refractivity contribution in [2.45, 2.75) is 25.1 Å². The van der Waals surface area contributed by atoms with Gasteiger partial charge in [0.25, 0.3) is 0 Å². The van der Waals surface area contributed by atoms with Crippen molar-refractivity contribution in [3.8, 4) is 0 Å². The monoisotopic (exact) mass is 367 g/mol. The summed E-state index contributed by atoms with van der Waals surface area (Å²) < 4.78 is 38.8. The van der Waals surface area contributed by atoms with E-state index in [2.05, 4.69) is 4.99 Å². The molecule has 2 aromatic rings. The highest BCUT2D eigenvalue weighted by Gasteiger charge is 2.35. The summed E-state index contributed by atoms with van der Waals surface area (Å²) in [5.41, 5.74) is 2.83. The number of hydrogen-bond acceptors (Lipinski definition) is 2. The molecule has 0 amide bonds. The van der Waals surface area contributed by atoms with Gasteiger partial charge in [0.05, 0.1) is 18.2 Å². The standard InChI is InChI=1S/C18H13ClF3NS/c19-13-7-6-12-8-16(24)15(10-18(20,21)22)23-17(14(12)9-13)11-4-2-1-3-5-11/h1-7,9,15H,8,10H2/t15-/m0/s1. The van der Waals surface area contributed by atoms with E-state index in [0.29, 0.717) is 15.6 Å². The first-order chi connectivity index (χ1) is 11.3. The van der Waals surface area contributed by atoms with Gasteiger partial charge in [0.1, 0.15) is 0 Å². The number of benzene rings is 2. The molecule has 0 bridgehead atoms. The predicted molar refractivity (Wildman–Crippen MR) is 94.3 cm³/mol. The molecular formula is C18H13ClF3NS. The van der Waals surface area contributed by atoms with Crippen molar-refractivity contribution < 1.29 is 13.2 Å². The lowest BCUT2D eigenvalue weighted by atomic mass is 9.96. The van der Waals surface area contributed by atoms with Gasteiger partial charge in [-0.3, -0.25) is 4.99 Å². The fourth-order valence-electron chi connectivity index (χ4n) is 2.73. The van der Waals surface area contributed by atoms with Crippen molar-refractivity contribution in [1.29, 1.82) is 0 Å². The molecule has 0 spiro atoms. The zero-order valence-electron chi connectivity index (χ0n) is 12.5. The van der Waals surface area contributed by atoms with Gasteiger partial charge >= 0.3 is 6.18 Å². The van der Waals surface area contributed by atoms with Crippen LogP contribution in [0.5, 0.6) is 0 Å². The van der Waals surface area contributed by atoms with Crippen LogP contribution in [-0.4, -0.2) is 22.8 Å². The molecule has 0 unspecified atom stereocenters. The minimum atomic E-state index is -4.33. The van der Waals surface area contributed by atoms with E-state index in [-0.39, 0.29) is 6.42 Å². The molecule has 124 valence electrons. The highest BCUT2D eigenvalue weighted by Crippen LogP contribution is 2.30. The quantitative estimate of drug-likeness (QED) is 0.645. The minimum Gasteiger partial charge on any atom is -0.275 e. The maximum absolute atomic E-state index is 12.9. The zero-order valence-corrected chi connectivity index (χ0v) is 14.1. The number of aliphatic imine (C=N–C) groups is 1. The molecule has 1 aliphatic heterocycles. The molecular weight excluding hydrogens is 355 g/mol. The average Bonchev–Trinajstić information content (AvgIpc) is 2.64. The molecule has 3 rings (SSSR count). The van der Waals surface area contributed by atoms with Crippen LogP contribution in [0.4, 0.5) is 13.2 Å². The van der Waals surface area contributed by atoms with Crippen LogP contribution in [0.25, 0.3) is 0 Å². The summed E-state index contributed by atoms with van der Waals surface area (Å²) >= 11 is 11.3. The first-order valence-electron chi connectivity index (χ1n) is 7.35. The Hall–Kier alpha value is -1.72. The van der Waals surface area contributed by atoms with E-state index >= 15 is 0 Å². The molecule has 0 saturated heterocycles. The molecule has 0 saturated carbocycles. The lowest BCUT2D eigenvalue weighted by molar-refractivity contribution is -0.134. The van der Waals surface area contributed by atoms with Crippen molar-refractivity contribution in [1.82, 2.24) is 0 Å². The van der Waals surface area contributed by atoms with Crippen LogP contribution in [0.15, 0.2) is 53.5 Å². The van der Waals surface area contributed by atoms with E-state index < -0.39 is 18.6 Å². The van der Waals surface area contributed by atoms with Gasteiger partial charge in [-0.25, -0.2) is 0 Å². The van der Waals surface area contributed by atoms with E-state index in [9.17, 15) is 13.2 Å². The highest BCUT2D eigenvalue weighted by atomic mass is 35.5. The van der Waals surface area contributed by atoms with Gasteiger partial charge < -0.3 is 0 Å². The van der Waals surface area contributed by atoms with Gasteiger partial charge in [0.15, 0.2) is 0 Å². The third-order valence-corrected chi connectivity index (χ3v) is 4.47. The van der Waals surface area contributed by atoms with Gasteiger partial charge in [0, 0.05) is 27.4 Å². The van der Waals surface area contributed by atoms with Crippen molar-refractivity contribution in [2.24, 2.45) is 4.99 Å². The largest absolute Gasteiger partial charge is 0.391 e. The molecule has 1 aliphatic rings. The van der Waals surface area contributed by atoms with E-state index in [1.54, 1.807) is 18.2 Å². The second kappa shape index (κ2) is 6.65. The number of hydrogen-bond donors (Lipinski definition) is 0. The summed E-state index contributed by atoms with van der Waals surface area (Å²) in [5.74, 6) is 0. The van der Waals surface area contributed by atoms with Gasteiger partial charge in [-0.2, -0.15) is 13.2 Å². The van der Waals surface area contributed by atoms with Crippen LogP contribution in [0, 0.1) is 0 Å². The summed E-state index contributed by atoms with van der Waals surface area (Å²) in [4.78, 5) is 4.68. The summed E-state index contributed by atoms with van der Waals surface area (Å²) in [6.45, 7) is 0. The fraction of sp³-hybridized carbons (Fsp3) is 0.222. The number of fused-ring (bicyclic) bond motifs is 1. The van der Waals surface area contributed by atoms with Crippen LogP contribution in [0.3, 0.4) is 0 Å². The Bertz CT molecular complexity index is 800. The molecule has 1 heterocycles. The predicted octanol–water partition coefficient (Wildman–Crippen LogP) is 5.42. The number of rotatable bonds is 2. The van der Waals surface area contributed by atoms with Crippen molar-refractivity contribution in [2.75, 3.05) is 0 Å². The summed E-state index contributed by atoms with van der Waals surface area (Å²) in [5, 5.41) is 0.512. The van der Waals surface area contributed by atoms with E-state index in [0.717, 1.165) is 16.7 Å². The van der Waals surface area contributed by atoms with Crippen LogP contribution < -0.4 is 0 Å². The number of nitrogens with zero attached hydrogens (tertiary/aromatic N) is 1. The molecule has 24 heavy (non-hydrogen) atoms. The van der Waals surface area contributed by atoms with E-state index in [4.69, 9.17) is 23.8 Å². The Morgan fingerprint density at radius 3 is 2.50 bits per heavy atom. The van der Waals surface area contributed by atoms with Crippen molar-refractivity contribution >= 4 is 34.4 Å². The highest BCUT2D eigenvalue weighted by molar-refractivity contribution is 7.80. The topological polar surface area (TPSA) is 12.4 Å². The lowest BCUT2D eigenvalue weighted by Gasteiger charge is -2.15. The van der Waals surface area contributed by atoms with Gasteiger partial charge in [-0.1, -0.05) is 60.2 Å². The van der Waals surface area contributed by atoms with Crippen molar-refractivity contribution in [3.63, 3.8) is 0 Å². The SMILES string of the molecule is FC(F)(F)C[C@@H]1N=C(c2ccccc2)c2cc(Cl)ccc2CC1=S. The normalized spacial score (nSPS) is 17.9. The number of thiocarbonyl (C=S) groups is 1. The Balaban J connectivity index is 2.16. The molecule has 0 radical (unpaired) electrons. The smallest absolute Gasteiger partial charge is 0.275 e. The fourth-order valence-corrected chi connectivity index (χ4v) is 3.19. The Morgan fingerprint density at radius 1 is 1.12 bits per heavy atom. The van der Waals surface area contributed by atoms with Crippen LogP contribution in [0.1, 0.15) is 23.1 Å². The Labute approximate surface area is 148 Å². The number of halogens is 4. The minimum absolute atomic E-state index is 0.280. The van der Waals surface area contributed by atoms with Crippen molar-refractivity contribution in [3.05, 3.63) is 70.2 Å². The van der Waals surface area contributed by atoms with Gasteiger partial charge in [-0.15, -0.1) is 0 Å². The molecule has 0 aromatic heterocycles. The summed E-state index contributed by atoms with van der Waals surface area (Å²) in [6, 6.07) is 13.3. The second-order valence-corrected chi connectivity index (χ2v) is 6.58.